The van der Waals surface area contributed by atoms with E-state index < -0.39 is 8.96 Å². The highest BCUT2D eigenvalue weighted by Gasteiger charge is 2.06. The van der Waals surface area contributed by atoms with Gasteiger partial charge in [-0.05, 0) is 19.1 Å². The van der Waals surface area contributed by atoms with Crippen molar-refractivity contribution < 1.29 is 0 Å². The Hall–Kier alpha value is -0.123. The lowest BCUT2D eigenvalue weighted by Gasteiger charge is -2.21. The van der Waals surface area contributed by atoms with E-state index in [1.165, 1.54) is 18.9 Å². The third-order valence-corrected chi connectivity index (χ3v) is 4.93. The summed E-state index contributed by atoms with van der Waals surface area (Å²) in [5, 5.41) is 0. The first-order valence-electron chi connectivity index (χ1n) is 5.86. The van der Waals surface area contributed by atoms with Crippen molar-refractivity contribution in [1.29, 1.82) is 0 Å². The summed E-state index contributed by atoms with van der Waals surface area (Å²) >= 11 is 0. The van der Waals surface area contributed by atoms with Gasteiger partial charge in [0.1, 0.15) is 8.96 Å². The lowest BCUT2D eigenvalue weighted by molar-refractivity contribution is 0.300. The smallest absolute Gasteiger partial charge is 0.134 e. The quantitative estimate of drug-likeness (QED) is 0.467. The summed E-state index contributed by atoms with van der Waals surface area (Å²) in [5.41, 5.74) is 2.17. The Kier molecular flexibility index (Phi) is 9.35. The van der Waals surface area contributed by atoms with Gasteiger partial charge in [-0.25, -0.2) is 0 Å². The Morgan fingerprint density at radius 3 is 2.36 bits per heavy atom. The van der Waals surface area contributed by atoms with Crippen molar-refractivity contribution in [2.24, 2.45) is 0 Å². The third kappa shape index (κ3) is 6.35. The van der Waals surface area contributed by atoms with Crippen molar-refractivity contribution >= 4 is 8.96 Å². The molecule has 0 fully saturated rings. The van der Waals surface area contributed by atoms with Crippen LogP contribution in [0.4, 0.5) is 0 Å². The van der Waals surface area contributed by atoms with Gasteiger partial charge in [0.25, 0.3) is 0 Å². The molecule has 2 nitrogen and oxygen atoms in total. The van der Waals surface area contributed by atoms with Crippen LogP contribution < -0.4 is 4.98 Å². The fraction of sp³-hybridized carbons (Fsp3) is 0.818. The molecule has 0 aliphatic carbocycles. The van der Waals surface area contributed by atoms with Gasteiger partial charge in [-0.15, -0.1) is 6.58 Å². The molecule has 0 saturated heterocycles. The van der Waals surface area contributed by atoms with Crippen LogP contribution in [0.25, 0.3) is 0 Å². The molecule has 0 aromatic carbocycles. The summed E-state index contributed by atoms with van der Waals surface area (Å²) in [7, 11) is -0.842. The van der Waals surface area contributed by atoms with Crippen LogP contribution in [0.1, 0.15) is 33.6 Å². The number of hydrogen-bond donors (Lipinski definition) is 1. The maximum absolute atomic E-state index is 3.92. The first kappa shape index (κ1) is 13.9. The summed E-state index contributed by atoms with van der Waals surface area (Å²) in [6.45, 7) is 13.9. The van der Waals surface area contributed by atoms with Crippen molar-refractivity contribution in [3.63, 3.8) is 0 Å². The first-order chi connectivity index (χ1) is 6.78. The van der Waals surface area contributed by atoms with E-state index in [1.54, 1.807) is 0 Å². The largest absolute Gasteiger partial charge is 0.324 e. The van der Waals surface area contributed by atoms with E-state index in [0.29, 0.717) is 0 Å². The molecular formula is C11H26N2Si. The topological polar surface area (TPSA) is 15.3 Å². The number of nitrogens with one attached hydrogen (secondary N) is 1. The van der Waals surface area contributed by atoms with Crippen LogP contribution in [0.3, 0.4) is 0 Å². The SMILES string of the molecule is C=C[SiH](CCCC)NCN(CC)CC. The molecule has 1 N–H and O–H groups in total. The van der Waals surface area contributed by atoms with Crippen molar-refractivity contribution in [1.82, 2.24) is 9.88 Å². The molecule has 0 aromatic heterocycles. The normalized spacial score (nSPS) is 13.1. The molecule has 0 rings (SSSR count). The molecule has 0 aliphatic rings. The summed E-state index contributed by atoms with van der Waals surface area (Å²) in [6, 6.07) is 1.35. The van der Waals surface area contributed by atoms with Crippen molar-refractivity contribution in [2.45, 2.75) is 39.7 Å². The van der Waals surface area contributed by atoms with Crippen LogP contribution in [-0.2, 0) is 0 Å². The lowest BCUT2D eigenvalue weighted by atomic mass is 10.4. The van der Waals surface area contributed by atoms with E-state index in [1.807, 2.05) is 0 Å². The van der Waals surface area contributed by atoms with Crippen molar-refractivity contribution in [2.75, 3.05) is 19.8 Å². The third-order valence-electron chi connectivity index (χ3n) is 2.62. The molecule has 1 unspecified atom stereocenters. The second kappa shape index (κ2) is 9.43. The van der Waals surface area contributed by atoms with Crippen LogP contribution in [0.2, 0.25) is 6.04 Å². The van der Waals surface area contributed by atoms with Crippen molar-refractivity contribution in [3.05, 3.63) is 12.3 Å². The Morgan fingerprint density at radius 1 is 1.29 bits per heavy atom. The molecule has 0 saturated carbocycles. The average molecular weight is 214 g/mol. The Balaban J connectivity index is 3.64. The highest BCUT2D eigenvalue weighted by atomic mass is 28.3. The number of rotatable bonds is 9. The van der Waals surface area contributed by atoms with Gasteiger partial charge in [0.2, 0.25) is 0 Å². The Labute approximate surface area is 91.1 Å². The second-order valence-corrected chi connectivity index (χ2v) is 6.32. The van der Waals surface area contributed by atoms with Crippen LogP contribution in [0, 0.1) is 0 Å². The Morgan fingerprint density at radius 2 is 1.93 bits per heavy atom. The fourth-order valence-corrected chi connectivity index (χ4v) is 3.37. The minimum atomic E-state index is -0.842. The molecular weight excluding hydrogens is 188 g/mol. The number of nitrogens with zero attached hydrogens (tertiary/aromatic N) is 1. The zero-order valence-electron chi connectivity index (χ0n) is 10.1. The summed E-state index contributed by atoms with van der Waals surface area (Å²) in [5.74, 6) is 0. The Bertz CT molecular complexity index is 135. The van der Waals surface area contributed by atoms with E-state index in [0.717, 1.165) is 19.8 Å². The predicted octanol–water partition coefficient (Wildman–Crippen LogP) is 2.12. The van der Waals surface area contributed by atoms with Gasteiger partial charge >= 0.3 is 0 Å². The summed E-state index contributed by atoms with van der Waals surface area (Å²) in [6.07, 6.45) is 2.64. The van der Waals surface area contributed by atoms with Gasteiger partial charge < -0.3 is 4.98 Å². The van der Waals surface area contributed by atoms with Gasteiger partial charge in [-0.3, -0.25) is 4.90 Å². The van der Waals surface area contributed by atoms with Gasteiger partial charge in [0, 0.05) is 6.67 Å². The fourth-order valence-electron chi connectivity index (χ4n) is 1.42. The lowest BCUT2D eigenvalue weighted by Crippen LogP contribution is -2.41. The molecule has 0 aliphatic heterocycles. The summed E-state index contributed by atoms with van der Waals surface area (Å²) < 4.78 is 0. The maximum Gasteiger partial charge on any atom is 0.134 e. The van der Waals surface area contributed by atoms with E-state index in [4.69, 9.17) is 0 Å². The summed E-state index contributed by atoms with van der Waals surface area (Å²) in [4.78, 5) is 6.07. The molecule has 14 heavy (non-hydrogen) atoms. The number of hydrogen-bond acceptors (Lipinski definition) is 2. The van der Waals surface area contributed by atoms with Crippen LogP contribution in [0.5, 0.6) is 0 Å². The molecule has 1 atom stereocenters. The van der Waals surface area contributed by atoms with Crippen molar-refractivity contribution in [3.8, 4) is 0 Å². The zero-order chi connectivity index (χ0) is 10.8. The molecule has 0 spiro atoms. The molecule has 0 heterocycles. The molecule has 3 heteroatoms. The van der Waals surface area contributed by atoms with Crippen LogP contribution in [-0.4, -0.2) is 33.6 Å². The van der Waals surface area contributed by atoms with Crippen LogP contribution in [0.15, 0.2) is 12.3 Å². The molecule has 0 bridgehead atoms. The van der Waals surface area contributed by atoms with Gasteiger partial charge in [0.05, 0.1) is 0 Å². The molecule has 84 valence electrons. The zero-order valence-corrected chi connectivity index (χ0v) is 11.2. The molecule has 0 amide bonds. The predicted molar refractivity (Wildman–Crippen MR) is 68.0 cm³/mol. The first-order valence-corrected chi connectivity index (χ1v) is 7.92. The van der Waals surface area contributed by atoms with E-state index in [-0.39, 0.29) is 0 Å². The van der Waals surface area contributed by atoms with Gasteiger partial charge in [0.15, 0.2) is 0 Å². The monoisotopic (exact) mass is 214 g/mol. The highest BCUT2D eigenvalue weighted by Crippen LogP contribution is 1.99. The molecule has 0 radical (unpaired) electrons. The number of unbranched alkanes of at least 4 members (excludes halogenated alkanes) is 1. The van der Waals surface area contributed by atoms with Gasteiger partial charge in [-0.1, -0.05) is 39.3 Å². The minimum absolute atomic E-state index is 0.842. The standard InChI is InChI=1S/C11H26N2Si/c1-5-9-10-14(8-4)12-11-13(6-2)7-3/h8,12,14H,4-7,9-11H2,1-3H3. The average Bonchev–Trinajstić information content (AvgIpc) is 2.23. The van der Waals surface area contributed by atoms with Gasteiger partial charge in [-0.2, -0.15) is 0 Å². The minimum Gasteiger partial charge on any atom is -0.324 e. The van der Waals surface area contributed by atoms with E-state index in [9.17, 15) is 0 Å². The maximum atomic E-state index is 3.92. The van der Waals surface area contributed by atoms with E-state index in [2.05, 4.69) is 42.9 Å². The van der Waals surface area contributed by atoms with Crippen LogP contribution >= 0.6 is 0 Å². The van der Waals surface area contributed by atoms with E-state index >= 15 is 0 Å². The second-order valence-electron chi connectivity index (χ2n) is 3.65. The highest BCUT2D eigenvalue weighted by molar-refractivity contribution is 6.61. The molecule has 0 aromatic rings.